The molecule has 4 aromatic carbocycles. The smallest absolute Gasteiger partial charge is 0.241 e. The topological polar surface area (TPSA) is 75.7 Å². The first kappa shape index (κ1) is 30.2. The van der Waals surface area contributed by atoms with Gasteiger partial charge < -0.3 is 14.1 Å². The summed E-state index contributed by atoms with van der Waals surface area (Å²) in [4.78, 5) is 14.9. The average molecular weight is 575 g/mol. The molecule has 0 aliphatic rings. The highest BCUT2D eigenvalue weighted by molar-refractivity contribution is 7.89. The molecule has 0 heterocycles. The van der Waals surface area contributed by atoms with Crippen molar-refractivity contribution >= 4 is 32.3 Å². The number of hydrogen-bond acceptors (Lipinski definition) is 5. The van der Waals surface area contributed by atoms with Crippen molar-refractivity contribution in [2.24, 2.45) is 0 Å². The van der Waals surface area contributed by atoms with Crippen molar-refractivity contribution in [2.75, 3.05) is 59.3 Å². The first-order chi connectivity index (χ1) is 19.6. The van der Waals surface area contributed by atoms with Crippen LogP contribution in [-0.4, -0.2) is 73.1 Å². The molecule has 0 aliphatic carbocycles. The number of nitrogens with zero attached hydrogens (tertiary/aromatic N) is 2. The van der Waals surface area contributed by atoms with Crippen LogP contribution in [0.4, 0.5) is 5.69 Å². The molecule has 4 rings (SSSR count). The number of rotatable bonds is 14. The Kier molecular flexibility index (Phi) is 9.81. The summed E-state index contributed by atoms with van der Waals surface area (Å²) >= 11 is 0. The highest BCUT2D eigenvalue weighted by atomic mass is 32.2. The predicted molar refractivity (Wildman–Crippen MR) is 166 cm³/mol. The van der Waals surface area contributed by atoms with E-state index in [2.05, 4.69) is 18.8 Å². The molecule has 0 radical (unpaired) electrons. The van der Waals surface area contributed by atoms with Crippen LogP contribution in [0.3, 0.4) is 0 Å². The molecule has 41 heavy (non-hydrogen) atoms. The SMILES string of the molecule is CN(C)c1cccc2c(S(=O)(=O)NCCC[N+](C)(C)CCCOc3ccc(C(=O)c4ccccc4)cc3)cccc12. The average Bonchev–Trinajstić information content (AvgIpc) is 2.97. The molecule has 0 bridgehead atoms. The standard InChI is InChI=1S/C33H40N3O4S/c1-35(2)31-16-8-15-30-29(31)14-9-17-32(30)41(38,39)34-22-10-23-36(3,4)24-11-25-40-28-20-18-27(19-21-28)33(37)26-12-6-5-7-13-26/h5-9,12-21,34H,10-11,22-25H2,1-4H3/q+1. The lowest BCUT2D eigenvalue weighted by molar-refractivity contribution is -0.890. The maximum atomic E-state index is 13.2. The Morgan fingerprint density at radius 3 is 2.12 bits per heavy atom. The van der Waals surface area contributed by atoms with Crippen molar-refractivity contribution in [1.82, 2.24) is 4.72 Å². The van der Waals surface area contributed by atoms with Gasteiger partial charge >= 0.3 is 0 Å². The minimum absolute atomic E-state index is 0.00549. The molecule has 7 nitrogen and oxygen atoms in total. The number of benzene rings is 4. The van der Waals surface area contributed by atoms with Gasteiger partial charge in [-0.2, -0.15) is 0 Å². The normalized spacial score (nSPS) is 11.9. The molecule has 0 unspecified atom stereocenters. The molecule has 0 atom stereocenters. The van der Waals surface area contributed by atoms with Gasteiger partial charge in [0.2, 0.25) is 10.0 Å². The van der Waals surface area contributed by atoms with Crippen molar-refractivity contribution in [1.29, 1.82) is 0 Å². The zero-order valence-corrected chi connectivity index (χ0v) is 25.2. The van der Waals surface area contributed by atoms with Crippen LogP contribution in [0.1, 0.15) is 28.8 Å². The minimum Gasteiger partial charge on any atom is -0.493 e. The molecule has 1 N–H and O–H groups in total. The number of quaternary nitrogens is 1. The van der Waals surface area contributed by atoms with E-state index >= 15 is 0 Å². The van der Waals surface area contributed by atoms with Gasteiger partial charge in [0.05, 0.1) is 38.7 Å². The Labute approximate surface area is 244 Å². The second-order valence-electron chi connectivity index (χ2n) is 11.1. The van der Waals surface area contributed by atoms with E-state index in [4.69, 9.17) is 4.74 Å². The second-order valence-corrected chi connectivity index (χ2v) is 12.8. The monoisotopic (exact) mass is 574 g/mol. The van der Waals surface area contributed by atoms with Crippen LogP contribution in [0.5, 0.6) is 5.75 Å². The fourth-order valence-electron chi connectivity index (χ4n) is 4.93. The first-order valence-electron chi connectivity index (χ1n) is 13.9. The van der Waals surface area contributed by atoms with Crippen molar-refractivity contribution in [3.8, 4) is 5.75 Å². The molecule has 0 aliphatic heterocycles. The van der Waals surface area contributed by atoms with Crippen LogP contribution in [0.25, 0.3) is 10.8 Å². The summed E-state index contributed by atoms with van der Waals surface area (Å²) in [7, 11) is 4.55. The number of anilines is 1. The predicted octanol–water partition coefficient (Wildman–Crippen LogP) is 5.35. The Hall–Kier alpha value is -3.72. The largest absolute Gasteiger partial charge is 0.493 e. The number of carbonyl (C=O) groups is 1. The number of carbonyl (C=O) groups excluding carboxylic acids is 1. The van der Waals surface area contributed by atoms with E-state index in [-0.39, 0.29) is 5.78 Å². The van der Waals surface area contributed by atoms with E-state index in [1.807, 2.05) is 85.7 Å². The summed E-state index contributed by atoms with van der Waals surface area (Å²) < 4.78 is 35.8. The van der Waals surface area contributed by atoms with Crippen LogP contribution in [0.2, 0.25) is 0 Å². The number of ether oxygens (including phenoxy) is 1. The lowest BCUT2D eigenvalue weighted by atomic mass is 10.0. The third-order valence-corrected chi connectivity index (χ3v) is 8.71. The maximum Gasteiger partial charge on any atom is 0.241 e. The quantitative estimate of drug-likeness (QED) is 0.125. The van der Waals surface area contributed by atoms with Crippen molar-refractivity contribution in [3.05, 3.63) is 102 Å². The van der Waals surface area contributed by atoms with E-state index in [1.165, 1.54) is 0 Å². The van der Waals surface area contributed by atoms with Crippen molar-refractivity contribution in [2.45, 2.75) is 17.7 Å². The fraction of sp³-hybridized carbons (Fsp3) is 0.303. The molecule has 0 amide bonds. The van der Waals surface area contributed by atoms with Crippen LogP contribution in [0.15, 0.2) is 95.9 Å². The molecular formula is C33H40N3O4S+. The number of ketones is 1. The van der Waals surface area contributed by atoms with Gasteiger partial charge in [0, 0.05) is 61.1 Å². The Bertz CT molecular complexity index is 1570. The van der Waals surface area contributed by atoms with Crippen LogP contribution < -0.4 is 14.4 Å². The van der Waals surface area contributed by atoms with E-state index in [0.29, 0.717) is 29.2 Å². The summed E-state index contributed by atoms with van der Waals surface area (Å²) in [5.41, 5.74) is 2.29. The van der Waals surface area contributed by atoms with Crippen LogP contribution in [0, 0.1) is 0 Å². The van der Waals surface area contributed by atoms with Gasteiger partial charge in [-0.25, -0.2) is 13.1 Å². The molecule has 8 heteroatoms. The van der Waals surface area contributed by atoms with Crippen molar-refractivity contribution < 1.29 is 22.4 Å². The molecule has 0 aromatic heterocycles. The summed E-state index contributed by atoms with van der Waals surface area (Å²) in [6.07, 6.45) is 1.57. The number of nitrogens with one attached hydrogen (secondary N) is 1. The third-order valence-electron chi connectivity index (χ3n) is 7.19. The Morgan fingerprint density at radius 2 is 1.41 bits per heavy atom. The molecule has 0 saturated heterocycles. The second kappa shape index (κ2) is 13.3. The van der Waals surface area contributed by atoms with Crippen molar-refractivity contribution in [3.63, 3.8) is 0 Å². The lowest BCUT2D eigenvalue weighted by Crippen LogP contribution is -2.43. The Morgan fingerprint density at radius 1 is 0.780 bits per heavy atom. The minimum atomic E-state index is -3.64. The van der Waals surface area contributed by atoms with Gasteiger partial charge in [0.25, 0.3) is 0 Å². The van der Waals surface area contributed by atoms with E-state index < -0.39 is 10.0 Å². The highest BCUT2D eigenvalue weighted by Gasteiger charge is 2.20. The van der Waals surface area contributed by atoms with Gasteiger partial charge in [0.1, 0.15) is 5.75 Å². The molecule has 0 saturated carbocycles. The summed E-state index contributed by atoms with van der Waals surface area (Å²) in [5, 5.41) is 1.64. The van der Waals surface area contributed by atoms with Gasteiger partial charge in [-0.15, -0.1) is 0 Å². The molecule has 0 spiro atoms. The molecule has 4 aromatic rings. The Balaban J connectivity index is 1.21. The van der Waals surface area contributed by atoms with Gasteiger partial charge in [-0.05, 0) is 36.4 Å². The highest BCUT2D eigenvalue weighted by Crippen LogP contribution is 2.30. The molecule has 216 valence electrons. The number of sulfonamides is 1. The zero-order chi connectivity index (χ0) is 29.5. The van der Waals surface area contributed by atoms with Gasteiger partial charge in [-0.1, -0.05) is 54.6 Å². The van der Waals surface area contributed by atoms with Crippen LogP contribution >= 0.6 is 0 Å². The zero-order valence-electron chi connectivity index (χ0n) is 24.3. The first-order valence-corrected chi connectivity index (χ1v) is 15.4. The molecule has 0 fully saturated rings. The summed E-state index contributed by atoms with van der Waals surface area (Å²) in [5.74, 6) is 0.731. The molecular weight excluding hydrogens is 534 g/mol. The van der Waals surface area contributed by atoms with E-state index in [1.54, 1.807) is 24.3 Å². The van der Waals surface area contributed by atoms with Gasteiger partial charge in [0.15, 0.2) is 5.78 Å². The fourth-order valence-corrected chi connectivity index (χ4v) is 6.23. The van der Waals surface area contributed by atoms with E-state index in [0.717, 1.165) is 52.6 Å². The summed E-state index contributed by atoms with van der Waals surface area (Å²) in [6, 6.07) is 27.6. The number of fused-ring (bicyclic) bond motifs is 1. The third kappa shape index (κ3) is 7.94. The van der Waals surface area contributed by atoms with Gasteiger partial charge in [-0.3, -0.25) is 4.79 Å². The summed E-state index contributed by atoms with van der Waals surface area (Å²) in [6.45, 7) is 2.67. The van der Waals surface area contributed by atoms with E-state index in [9.17, 15) is 13.2 Å². The number of hydrogen-bond donors (Lipinski definition) is 1. The lowest BCUT2D eigenvalue weighted by Gasteiger charge is -2.30. The maximum absolute atomic E-state index is 13.2. The van der Waals surface area contributed by atoms with Crippen LogP contribution in [-0.2, 0) is 10.0 Å².